The summed E-state index contributed by atoms with van der Waals surface area (Å²) in [6.45, 7) is 5.36. The van der Waals surface area contributed by atoms with Crippen LogP contribution in [0.4, 0.5) is 0 Å². The molecule has 0 spiro atoms. The van der Waals surface area contributed by atoms with Crippen molar-refractivity contribution in [3.05, 3.63) is 70.6 Å². The van der Waals surface area contributed by atoms with Gasteiger partial charge in [-0.15, -0.1) is 0 Å². The Morgan fingerprint density at radius 1 is 1.17 bits per heavy atom. The predicted molar refractivity (Wildman–Crippen MR) is 112 cm³/mol. The fraction of sp³-hybridized carbons (Fsp3) is 0.273. The number of esters is 1. The SMILES string of the molecule is Cc1cccc(C(=O)N[C@H](C(=O)OCc2nc(-c3ccc(Cl)cc3)no2)C(C)C)c1. The molecule has 0 fully saturated rings. The molecule has 0 bridgehead atoms. The molecule has 1 heterocycles. The van der Waals surface area contributed by atoms with Crippen LogP contribution >= 0.6 is 11.6 Å². The first kappa shape index (κ1) is 21.5. The first-order valence-electron chi connectivity index (χ1n) is 9.46. The first-order chi connectivity index (χ1) is 14.3. The number of nitrogens with zero attached hydrogens (tertiary/aromatic N) is 2. The highest BCUT2D eigenvalue weighted by Gasteiger charge is 2.27. The molecule has 3 rings (SSSR count). The van der Waals surface area contributed by atoms with Crippen molar-refractivity contribution in [2.45, 2.75) is 33.4 Å². The second-order valence-electron chi connectivity index (χ2n) is 7.19. The molecule has 1 aromatic heterocycles. The minimum atomic E-state index is -0.809. The van der Waals surface area contributed by atoms with Crippen molar-refractivity contribution in [2.75, 3.05) is 0 Å². The van der Waals surface area contributed by atoms with Crippen molar-refractivity contribution < 1.29 is 18.8 Å². The van der Waals surface area contributed by atoms with Crippen LogP contribution < -0.4 is 5.32 Å². The number of aryl methyl sites for hydroxylation is 1. The van der Waals surface area contributed by atoms with E-state index in [0.717, 1.165) is 11.1 Å². The number of rotatable bonds is 7. The number of nitrogens with one attached hydrogen (secondary N) is 1. The number of carbonyl (C=O) groups excluding carboxylic acids is 2. The van der Waals surface area contributed by atoms with Crippen LogP contribution in [0.25, 0.3) is 11.4 Å². The summed E-state index contributed by atoms with van der Waals surface area (Å²) in [4.78, 5) is 29.3. The molecule has 0 saturated heterocycles. The molecule has 1 atom stereocenters. The number of carbonyl (C=O) groups is 2. The van der Waals surface area contributed by atoms with Crippen molar-refractivity contribution in [1.29, 1.82) is 0 Å². The molecule has 1 amide bonds. The molecule has 0 aliphatic carbocycles. The van der Waals surface area contributed by atoms with Gasteiger partial charge in [0.2, 0.25) is 5.82 Å². The largest absolute Gasteiger partial charge is 0.454 e. The molecule has 0 saturated carbocycles. The highest BCUT2D eigenvalue weighted by molar-refractivity contribution is 6.30. The quantitative estimate of drug-likeness (QED) is 0.568. The second kappa shape index (κ2) is 9.54. The number of hydrogen-bond donors (Lipinski definition) is 1. The number of halogens is 1. The molecule has 1 N–H and O–H groups in total. The summed E-state index contributed by atoms with van der Waals surface area (Å²) in [6, 6.07) is 13.3. The van der Waals surface area contributed by atoms with E-state index in [0.29, 0.717) is 16.4 Å². The van der Waals surface area contributed by atoms with E-state index in [1.807, 2.05) is 26.8 Å². The Morgan fingerprint density at radius 2 is 1.90 bits per heavy atom. The van der Waals surface area contributed by atoms with Crippen LogP contribution in [0.2, 0.25) is 5.02 Å². The van der Waals surface area contributed by atoms with Gasteiger partial charge in [0, 0.05) is 16.1 Å². The lowest BCUT2D eigenvalue weighted by Crippen LogP contribution is -2.45. The second-order valence-corrected chi connectivity index (χ2v) is 7.63. The maximum Gasteiger partial charge on any atom is 0.329 e. The van der Waals surface area contributed by atoms with Gasteiger partial charge in [0.15, 0.2) is 6.61 Å². The average molecular weight is 428 g/mol. The van der Waals surface area contributed by atoms with Gasteiger partial charge in [-0.2, -0.15) is 4.98 Å². The zero-order chi connectivity index (χ0) is 21.7. The van der Waals surface area contributed by atoms with E-state index in [4.69, 9.17) is 20.9 Å². The predicted octanol–water partition coefficient (Wildman–Crippen LogP) is 4.20. The van der Waals surface area contributed by atoms with Crippen LogP contribution in [-0.2, 0) is 16.1 Å². The first-order valence-corrected chi connectivity index (χ1v) is 9.84. The Balaban J connectivity index is 1.61. The summed E-state index contributed by atoms with van der Waals surface area (Å²) < 4.78 is 10.5. The summed E-state index contributed by atoms with van der Waals surface area (Å²) in [5, 5.41) is 7.22. The Kier molecular flexibility index (Phi) is 6.84. The van der Waals surface area contributed by atoms with Crippen molar-refractivity contribution in [2.24, 2.45) is 5.92 Å². The molecule has 8 heteroatoms. The number of aromatic nitrogens is 2. The Morgan fingerprint density at radius 3 is 2.57 bits per heavy atom. The lowest BCUT2D eigenvalue weighted by molar-refractivity contribution is -0.149. The van der Waals surface area contributed by atoms with Gasteiger partial charge in [-0.3, -0.25) is 4.79 Å². The van der Waals surface area contributed by atoms with Gasteiger partial charge < -0.3 is 14.6 Å². The van der Waals surface area contributed by atoms with E-state index in [1.54, 1.807) is 42.5 Å². The maximum absolute atomic E-state index is 12.6. The number of ether oxygens (including phenoxy) is 1. The van der Waals surface area contributed by atoms with E-state index in [9.17, 15) is 9.59 Å². The fourth-order valence-electron chi connectivity index (χ4n) is 2.76. The van der Waals surface area contributed by atoms with Crippen LogP contribution in [0.5, 0.6) is 0 Å². The van der Waals surface area contributed by atoms with E-state index in [1.165, 1.54) is 0 Å². The van der Waals surface area contributed by atoms with E-state index in [-0.39, 0.29) is 24.3 Å². The third kappa shape index (κ3) is 5.45. The van der Waals surface area contributed by atoms with Gasteiger partial charge in [-0.1, -0.05) is 48.3 Å². The minimum absolute atomic E-state index is 0.154. The van der Waals surface area contributed by atoms with Crippen molar-refractivity contribution in [1.82, 2.24) is 15.5 Å². The molecule has 3 aromatic rings. The average Bonchev–Trinajstić information content (AvgIpc) is 3.19. The van der Waals surface area contributed by atoms with Gasteiger partial charge in [0.25, 0.3) is 11.8 Å². The summed E-state index contributed by atoms with van der Waals surface area (Å²) >= 11 is 5.88. The smallest absolute Gasteiger partial charge is 0.329 e. The fourth-order valence-corrected chi connectivity index (χ4v) is 2.89. The van der Waals surface area contributed by atoms with Gasteiger partial charge in [0.1, 0.15) is 6.04 Å². The third-order valence-corrected chi connectivity index (χ3v) is 4.65. The normalized spacial score (nSPS) is 11.9. The highest BCUT2D eigenvalue weighted by Crippen LogP contribution is 2.19. The number of amides is 1. The topological polar surface area (TPSA) is 94.3 Å². The molecule has 7 nitrogen and oxygen atoms in total. The summed E-state index contributed by atoms with van der Waals surface area (Å²) in [5.41, 5.74) is 2.17. The number of benzene rings is 2. The molecular weight excluding hydrogens is 406 g/mol. The zero-order valence-corrected chi connectivity index (χ0v) is 17.6. The summed E-state index contributed by atoms with van der Waals surface area (Å²) in [6.07, 6.45) is 0. The zero-order valence-electron chi connectivity index (χ0n) is 16.9. The summed E-state index contributed by atoms with van der Waals surface area (Å²) in [5.74, 6) is -0.556. The highest BCUT2D eigenvalue weighted by atomic mass is 35.5. The van der Waals surface area contributed by atoms with Crippen molar-refractivity contribution in [3.8, 4) is 11.4 Å². The molecule has 0 aliphatic rings. The molecule has 156 valence electrons. The monoisotopic (exact) mass is 427 g/mol. The molecular formula is C22H22ClN3O4. The number of hydrogen-bond acceptors (Lipinski definition) is 6. The summed E-state index contributed by atoms with van der Waals surface area (Å²) in [7, 11) is 0. The minimum Gasteiger partial charge on any atom is -0.454 e. The Labute approximate surface area is 179 Å². The van der Waals surface area contributed by atoms with Crippen molar-refractivity contribution >= 4 is 23.5 Å². The molecule has 0 aliphatic heterocycles. The van der Waals surface area contributed by atoms with Gasteiger partial charge >= 0.3 is 5.97 Å². The third-order valence-electron chi connectivity index (χ3n) is 4.40. The van der Waals surface area contributed by atoms with E-state index >= 15 is 0 Å². The Bertz CT molecular complexity index is 1030. The lowest BCUT2D eigenvalue weighted by atomic mass is 10.0. The van der Waals surface area contributed by atoms with E-state index < -0.39 is 12.0 Å². The van der Waals surface area contributed by atoms with Crippen molar-refractivity contribution in [3.63, 3.8) is 0 Å². The van der Waals surface area contributed by atoms with E-state index in [2.05, 4.69) is 15.5 Å². The van der Waals surface area contributed by atoms with Crippen LogP contribution in [0.3, 0.4) is 0 Å². The lowest BCUT2D eigenvalue weighted by Gasteiger charge is -2.20. The van der Waals surface area contributed by atoms with Crippen LogP contribution in [0.15, 0.2) is 53.1 Å². The van der Waals surface area contributed by atoms with Gasteiger partial charge in [-0.05, 0) is 49.2 Å². The maximum atomic E-state index is 12.6. The van der Waals surface area contributed by atoms with Gasteiger partial charge in [-0.25, -0.2) is 4.79 Å². The van der Waals surface area contributed by atoms with Gasteiger partial charge in [0.05, 0.1) is 0 Å². The molecule has 0 unspecified atom stereocenters. The van der Waals surface area contributed by atoms with Crippen LogP contribution in [-0.4, -0.2) is 28.1 Å². The van der Waals surface area contributed by atoms with Crippen LogP contribution in [0.1, 0.15) is 35.7 Å². The van der Waals surface area contributed by atoms with Crippen LogP contribution in [0, 0.1) is 12.8 Å². The molecule has 0 radical (unpaired) electrons. The Hall–Kier alpha value is -3.19. The molecule has 30 heavy (non-hydrogen) atoms. The molecule has 2 aromatic carbocycles. The standard InChI is InChI=1S/C22H22ClN3O4/c1-13(2)19(25-21(27)16-6-4-5-14(3)11-16)22(28)29-12-18-24-20(26-30-18)15-7-9-17(23)10-8-15/h4-11,13,19H,12H2,1-3H3,(H,25,27)/t19-/m0/s1.